The molecule has 6 heteroatoms. The number of halogens is 2. The summed E-state index contributed by atoms with van der Waals surface area (Å²) in [6.45, 7) is 1.30. The van der Waals surface area contributed by atoms with Crippen molar-refractivity contribution in [2.45, 2.75) is 6.92 Å². The molecule has 0 atom stereocenters. The first-order valence-corrected chi connectivity index (χ1v) is 6.14. The van der Waals surface area contributed by atoms with Gasteiger partial charge in [-0.1, -0.05) is 15.9 Å². The van der Waals surface area contributed by atoms with E-state index in [1.807, 2.05) is 0 Å². The van der Waals surface area contributed by atoms with Crippen LogP contribution in [-0.4, -0.2) is 11.9 Å². The standard InChI is InChI=1S/C11H9Br2NO3/c1-6(11(16)17)4-10(15)14-9-3-2-7(12)5-8(9)13/h2-5H,1H3,(H,14,15)(H,16,17)/p-1/b6-4+. The van der Waals surface area contributed by atoms with Crippen LogP contribution in [0.25, 0.3) is 0 Å². The van der Waals surface area contributed by atoms with Crippen LogP contribution in [0, 0.1) is 0 Å². The summed E-state index contributed by atoms with van der Waals surface area (Å²) < 4.78 is 1.56. The van der Waals surface area contributed by atoms with Crippen LogP contribution >= 0.6 is 31.9 Å². The lowest BCUT2D eigenvalue weighted by Crippen LogP contribution is -2.24. The average molecular weight is 362 g/mol. The molecule has 0 unspecified atom stereocenters. The molecule has 0 saturated heterocycles. The van der Waals surface area contributed by atoms with Gasteiger partial charge in [-0.3, -0.25) is 4.79 Å². The number of nitrogens with one attached hydrogen (secondary N) is 1. The Bertz CT molecular complexity index is 497. The molecule has 1 rings (SSSR count). The fourth-order valence-corrected chi connectivity index (χ4v) is 2.16. The van der Waals surface area contributed by atoms with Crippen LogP contribution in [0.4, 0.5) is 5.69 Å². The third-order valence-corrected chi connectivity index (χ3v) is 3.01. The summed E-state index contributed by atoms with van der Waals surface area (Å²) in [4.78, 5) is 21.9. The third kappa shape index (κ3) is 4.32. The Kier molecular flexibility index (Phi) is 4.89. The van der Waals surface area contributed by atoms with Gasteiger partial charge < -0.3 is 15.2 Å². The van der Waals surface area contributed by atoms with E-state index in [1.165, 1.54) is 6.92 Å². The summed E-state index contributed by atoms with van der Waals surface area (Å²) in [5, 5.41) is 13.0. The van der Waals surface area contributed by atoms with Crippen molar-refractivity contribution in [1.29, 1.82) is 0 Å². The van der Waals surface area contributed by atoms with Crippen LogP contribution in [0.1, 0.15) is 6.92 Å². The summed E-state index contributed by atoms with van der Waals surface area (Å²) >= 11 is 6.56. The zero-order chi connectivity index (χ0) is 13.0. The summed E-state index contributed by atoms with van der Waals surface area (Å²) in [5.41, 5.74) is 0.427. The number of amides is 1. The second-order valence-electron chi connectivity index (χ2n) is 3.23. The summed E-state index contributed by atoms with van der Waals surface area (Å²) in [6, 6.07) is 5.22. The van der Waals surface area contributed by atoms with Gasteiger partial charge in [0.05, 0.1) is 11.7 Å². The van der Waals surface area contributed by atoms with E-state index >= 15 is 0 Å². The maximum absolute atomic E-state index is 11.5. The van der Waals surface area contributed by atoms with Crippen molar-refractivity contribution in [3.05, 3.63) is 38.8 Å². The summed E-state index contributed by atoms with van der Waals surface area (Å²) in [7, 11) is 0. The lowest BCUT2D eigenvalue weighted by molar-refractivity contribution is -0.299. The Balaban J connectivity index is 2.82. The van der Waals surface area contributed by atoms with Gasteiger partial charge in [0, 0.05) is 15.0 Å². The molecule has 4 nitrogen and oxygen atoms in total. The van der Waals surface area contributed by atoms with Gasteiger partial charge in [0.15, 0.2) is 0 Å². The van der Waals surface area contributed by atoms with E-state index in [0.717, 1.165) is 10.5 Å². The second kappa shape index (κ2) is 5.97. The van der Waals surface area contributed by atoms with Crippen molar-refractivity contribution in [2.24, 2.45) is 0 Å². The number of hydrogen-bond donors (Lipinski definition) is 1. The van der Waals surface area contributed by atoms with Crippen molar-refractivity contribution in [3.63, 3.8) is 0 Å². The fourth-order valence-electron chi connectivity index (χ4n) is 1.02. The Morgan fingerprint density at radius 3 is 2.53 bits per heavy atom. The Morgan fingerprint density at radius 2 is 2.00 bits per heavy atom. The van der Waals surface area contributed by atoms with E-state index in [2.05, 4.69) is 37.2 Å². The van der Waals surface area contributed by atoms with Crippen LogP contribution in [0.3, 0.4) is 0 Å². The van der Waals surface area contributed by atoms with Crippen molar-refractivity contribution in [2.75, 3.05) is 5.32 Å². The molecule has 17 heavy (non-hydrogen) atoms. The molecule has 1 aromatic carbocycles. The molecule has 1 amide bonds. The van der Waals surface area contributed by atoms with Gasteiger partial charge in [0.2, 0.25) is 5.91 Å². The number of aliphatic carboxylic acids is 1. The average Bonchev–Trinajstić information content (AvgIpc) is 2.22. The number of carboxylic acids is 1. The van der Waals surface area contributed by atoms with Gasteiger partial charge in [0.25, 0.3) is 0 Å². The zero-order valence-electron chi connectivity index (χ0n) is 8.79. The van der Waals surface area contributed by atoms with Crippen molar-refractivity contribution in [3.8, 4) is 0 Å². The predicted molar refractivity (Wildman–Crippen MR) is 69.2 cm³/mol. The molecular weight excluding hydrogens is 354 g/mol. The van der Waals surface area contributed by atoms with E-state index < -0.39 is 11.9 Å². The van der Waals surface area contributed by atoms with E-state index in [-0.39, 0.29) is 5.57 Å². The topological polar surface area (TPSA) is 69.2 Å². The van der Waals surface area contributed by atoms with Crippen LogP contribution < -0.4 is 10.4 Å². The molecule has 0 aromatic heterocycles. The molecule has 0 spiro atoms. The number of carbonyl (C=O) groups is 2. The van der Waals surface area contributed by atoms with Crippen molar-refractivity contribution >= 4 is 49.4 Å². The lowest BCUT2D eigenvalue weighted by Gasteiger charge is -2.06. The molecule has 0 heterocycles. The Labute approximate surface area is 115 Å². The molecule has 1 aromatic rings. The minimum absolute atomic E-state index is 0.129. The highest BCUT2D eigenvalue weighted by Gasteiger charge is 2.04. The second-order valence-corrected chi connectivity index (χ2v) is 5.00. The highest BCUT2D eigenvalue weighted by Crippen LogP contribution is 2.26. The molecule has 0 aliphatic rings. The van der Waals surface area contributed by atoms with Gasteiger partial charge in [-0.15, -0.1) is 0 Å². The molecule has 0 saturated carbocycles. The van der Waals surface area contributed by atoms with E-state index in [1.54, 1.807) is 18.2 Å². The maximum atomic E-state index is 11.5. The fraction of sp³-hybridized carbons (Fsp3) is 0.0909. The normalized spacial score (nSPS) is 11.1. The number of carboxylic acid groups (broad SMARTS) is 1. The largest absolute Gasteiger partial charge is 0.545 e. The van der Waals surface area contributed by atoms with Gasteiger partial charge in [-0.05, 0) is 46.6 Å². The number of hydrogen-bond acceptors (Lipinski definition) is 3. The van der Waals surface area contributed by atoms with Crippen LogP contribution in [-0.2, 0) is 9.59 Å². The molecule has 0 aliphatic carbocycles. The first kappa shape index (κ1) is 13.9. The molecule has 0 bridgehead atoms. The van der Waals surface area contributed by atoms with Crippen molar-refractivity contribution < 1.29 is 14.7 Å². The smallest absolute Gasteiger partial charge is 0.248 e. The SMILES string of the molecule is C/C(=C\C(=O)Nc1ccc(Br)cc1Br)C(=O)[O-]. The number of anilines is 1. The monoisotopic (exact) mass is 360 g/mol. The zero-order valence-corrected chi connectivity index (χ0v) is 12.0. The number of carbonyl (C=O) groups excluding carboxylic acids is 2. The Morgan fingerprint density at radius 1 is 1.35 bits per heavy atom. The van der Waals surface area contributed by atoms with Crippen LogP contribution in [0.15, 0.2) is 38.8 Å². The predicted octanol–water partition coefficient (Wildman–Crippen LogP) is 1.85. The number of benzene rings is 1. The summed E-state index contributed by atoms with van der Waals surface area (Å²) in [5.74, 6) is -1.88. The molecule has 90 valence electrons. The highest BCUT2D eigenvalue weighted by atomic mass is 79.9. The number of rotatable bonds is 3. The first-order chi connectivity index (χ1) is 7.90. The van der Waals surface area contributed by atoms with Crippen molar-refractivity contribution in [1.82, 2.24) is 0 Å². The van der Waals surface area contributed by atoms with Gasteiger partial charge in [-0.25, -0.2) is 0 Å². The maximum Gasteiger partial charge on any atom is 0.248 e. The van der Waals surface area contributed by atoms with Gasteiger partial charge >= 0.3 is 0 Å². The molecular formula is C11H8Br2NO3-. The highest BCUT2D eigenvalue weighted by molar-refractivity contribution is 9.11. The van der Waals surface area contributed by atoms with E-state index in [4.69, 9.17) is 0 Å². The van der Waals surface area contributed by atoms with E-state index in [9.17, 15) is 14.7 Å². The molecule has 0 fully saturated rings. The minimum atomic E-state index is -1.37. The third-order valence-electron chi connectivity index (χ3n) is 1.86. The molecule has 0 radical (unpaired) electrons. The van der Waals surface area contributed by atoms with Crippen LogP contribution in [0.5, 0.6) is 0 Å². The molecule has 1 N–H and O–H groups in total. The van der Waals surface area contributed by atoms with E-state index in [0.29, 0.717) is 10.2 Å². The lowest BCUT2D eigenvalue weighted by atomic mass is 10.2. The Hall–Kier alpha value is -1.14. The summed E-state index contributed by atoms with van der Waals surface area (Å²) in [6.07, 6.45) is 0.976. The van der Waals surface area contributed by atoms with Gasteiger partial charge in [-0.2, -0.15) is 0 Å². The van der Waals surface area contributed by atoms with Crippen LogP contribution in [0.2, 0.25) is 0 Å². The quantitative estimate of drug-likeness (QED) is 0.835. The van der Waals surface area contributed by atoms with Gasteiger partial charge in [0.1, 0.15) is 0 Å². The minimum Gasteiger partial charge on any atom is -0.545 e. The first-order valence-electron chi connectivity index (χ1n) is 4.56. The molecule has 0 aliphatic heterocycles.